The number of nitrogens with two attached hydrogens (primary N) is 1. The fraction of sp³-hybridized carbons (Fsp3) is 0.400. The lowest BCUT2D eigenvalue weighted by Gasteiger charge is -2.32. The summed E-state index contributed by atoms with van der Waals surface area (Å²) in [7, 11) is 1.64. The second-order valence-corrected chi connectivity index (χ2v) is 6.44. The number of thiophene rings is 1. The summed E-state index contributed by atoms with van der Waals surface area (Å²) in [4.78, 5) is 18.6. The van der Waals surface area contributed by atoms with Gasteiger partial charge in [0.2, 0.25) is 5.91 Å². The summed E-state index contributed by atoms with van der Waals surface area (Å²) in [6.45, 7) is 1.93. The molecule has 16 heavy (non-hydrogen) atoms. The number of hydrogen-bond acceptors (Lipinski definition) is 4. The molecule has 1 aliphatic rings. The number of guanidine groups is 1. The highest BCUT2D eigenvalue weighted by Crippen LogP contribution is 2.38. The fourth-order valence-electron chi connectivity index (χ4n) is 1.65. The van der Waals surface area contributed by atoms with Crippen LogP contribution in [-0.4, -0.2) is 23.8 Å². The van der Waals surface area contributed by atoms with Crippen LogP contribution < -0.4 is 5.73 Å². The zero-order valence-corrected chi connectivity index (χ0v) is 11.4. The summed E-state index contributed by atoms with van der Waals surface area (Å²) in [6, 6.07) is 3.93. The van der Waals surface area contributed by atoms with Gasteiger partial charge in [-0.2, -0.15) is 0 Å². The van der Waals surface area contributed by atoms with Crippen LogP contribution in [0.3, 0.4) is 0 Å². The van der Waals surface area contributed by atoms with Gasteiger partial charge in [-0.25, -0.2) is 4.99 Å². The first-order chi connectivity index (χ1) is 7.42. The van der Waals surface area contributed by atoms with Gasteiger partial charge in [-0.15, -0.1) is 11.3 Å². The quantitative estimate of drug-likeness (QED) is 0.861. The molecule has 1 aromatic rings. The van der Waals surface area contributed by atoms with Crippen LogP contribution in [0.5, 0.6) is 0 Å². The Morgan fingerprint density at radius 3 is 2.81 bits per heavy atom. The monoisotopic (exact) mass is 301 g/mol. The van der Waals surface area contributed by atoms with Crippen LogP contribution in [0.25, 0.3) is 0 Å². The number of carbonyl (C=O) groups is 1. The molecule has 2 N–H and O–H groups in total. The van der Waals surface area contributed by atoms with E-state index in [1.54, 1.807) is 18.4 Å². The molecule has 1 aromatic heterocycles. The third-order valence-electron chi connectivity index (χ3n) is 2.68. The lowest BCUT2D eigenvalue weighted by molar-refractivity contribution is -0.128. The highest BCUT2D eigenvalue weighted by molar-refractivity contribution is 9.11. The molecule has 2 heterocycles. The molecule has 0 aromatic carbocycles. The van der Waals surface area contributed by atoms with Crippen LogP contribution in [0.15, 0.2) is 20.9 Å². The molecule has 4 nitrogen and oxygen atoms in total. The summed E-state index contributed by atoms with van der Waals surface area (Å²) in [5.41, 5.74) is 5.21. The zero-order chi connectivity index (χ0) is 11.9. The second-order valence-electron chi connectivity index (χ2n) is 3.98. The van der Waals surface area contributed by atoms with Crippen LogP contribution in [0.1, 0.15) is 18.2 Å². The summed E-state index contributed by atoms with van der Waals surface area (Å²) < 4.78 is 1.03. The molecule has 0 spiro atoms. The van der Waals surface area contributed by atoms with Crippen LogP contribution in [0.2, 0.25) is 0 Å². The molecule has 1 aliphatic heterocycles. The molecule has 86 valence electrons. The number of nitrogens with zero attached hydrogens (tertiary/aromatic N) is 2. The lowest BCUT2D eigenvalue weighted by atomic mass is 9.94. The third kappa shape index (κ3) is 1.87. The first-order valence-electron chi connectivity index (χ1n) is 4.80. The number of hydrogen-bond donors (Lipinski definition) is 1. The van der Waals surface area contributed by atoms with Gasteiger partial charge >= 0.3 is 0 Å². The van der Waals surface area contributed by atoms with Crippen molar-refractivity contribution in [1.82, 2.24) is 4.90 Å². The molecule has 0 aliphatic carbocycles. The standard InChI is InChI=1S/C10H12BrN3OS/c1-10(6-3-4-7(11)16-6)5-8(15)14(2)9(12)13-10/h3-4H,5H2,1-2H3,(H2,12,13)/t10-/m0/s1. The van der Waals surface area contributed by atoms with Crippen LogP contribution in [0, 0.1) is 0 Å². The summed E-state index contributed by atoms with van der Waals surface area (Å²) in [5, 5.41) is 0. The number of halogens is 1. The molecule has 6 heteroatoms. The van der Waals surface area contributed by atoms with Crippen molar-refractivity contribution in [1.29, 1.82) is 0 Å². The van der Waals surface area contributed by atoms with E-state index in [0.717, 1.165) is 8.66 Å². The number of aliphatic imine (C=N–C) groups is 1. The van der Waals surface area contributed by atoms with E-state index >= 15 is 0 Å². The highest BCUT2D eigenvalue weighted by Gasteiger charge is 2.37. The van der Waals surface area contributed by atoms with E-state index in [-0.39, 0.29) is 11.9 Å². The van der Waals surface area contributed by atoms with Crippen molar-refractivity contribution < 1.29 is 4.79 Å². The lowest BCUT2D eigenvalue weighted by Crippen LogP contribution is -2.47. The zero-order valence-electron chi connectivity index (χ0n) is 9.03. The van der Waals surface area contributed by atoms with Gasteiger partial charge in [-0.05, 0) is 35.0 Å². The molecule has 2 rings (SSSR count). The molecule has 0 saturated carbocycles. The van der Waals surface area contributed by atoms with Gasteiger partial charge < -0.3 is 5.73 Å². The fourth-order valence-corrected chi connectivity index (χ4v) is 3.13. The largest absolute Gasteiger partial charge is 0.369 e. The van der Waals surface area contributed by atoms with E-state index in [1.165, 1.54) is 4.90 Å². The average molecular weight is 302 g/mol. The van der Waals surface area contributed by atoms with Crippen molar-refractivity contribution in [2.75, 3.05) is 7.05 Å². The Balaban J connectivity index is 2.43. The SMILES string of the molecule is CN1C(=O)C[C@@](C)(c2ccc(Br)s2)N=C1N. The van der Waals surface area contributed by atoms with E-state index in [1.807, 2.05) is 19.1 Å². The van der Waals surface area contributed by atoms with Gasteiger partial charge in [0, 0.05) is 11.9 Å². The Bertz CT molecular complexity index is 470. The Labute approximate surface area is 106 Å². The molecule has 1 atom stereocenters. The molecule has 0 unspecified atom stereocenters. The van der Waals surface area contributed by atoms with Crippen LogP contribution in [-0.2, 0) is 10.3 Å². The smallest absolute Gasteiger partial charge is 0.231 e. The van der Waals surface area contributed by atoms with Gasteiger partial charge in [0.25, 0.3) is 0 Å². The summed E-state index contributed by atoms with van der Waals surface area (Å²) >= 11 is 4.99. The molecule has 0 saturated heterocycles. The Hall–Kier alpha value is -0.880. The van der Waals surface area contributed by atoms with E-state index in [2.05, 4.69) is 20.9 Å². The second kappa shape index (κ2) is 3.85. The Morgan fingerprint density at radius 2 is 2.31 bits per heavy atom. The van der Waals surface area contributed by atoms with Crippen molar-refractivity contribution in [2.45, 2.75) is 18.9 Å². The number of amides is 1. The average Bonchev–Trinajstić information content (AvgIpc) is 2.62. The molecule has 0 fully saturated rings. The minimum absolute atomic E-state index is 0.000442. The first-order valence-corrected chi connectivity index (χ1v) is 6.41. The molecular formula is C10H12BrN3OS. The van der Waals surface area contributed by atoms with Crippen molar-refractivity contribution in [3.63, 3.8) is 0 Å². The maximum absolute atomic E-state index is 11.8. The van der Waals surface area contributed by atoms with E-state index < -0.39 is 5.54 Å². The van der Waals surface area contributed by atoms with Crippen LogP contribution in [0.4, 0.5) is 0 Å². The van der Waals surface area contributed by atoms with Crippen molar-refractivity contribution in [3.05, 3.63) is 20.8 Å². The third-order valence-corrected chi connectivity index (χ3v) is 4.56. The van der Waals surface area contributed by atoms with Crippen molar-refractivity contribution >= 4 is 39.1 Å². The predicted molar refractivity (Wildman–Crippen MR) is 68.4 cm³/mol. The maximum atomic E-state index is 11.8. The maximum Gasteiger partial charge on any atom is 0.231 e. The molecular weight excluding hydrogens is 290 g/mol. The topological polar surface area (TPSA) is 58.7 Å². The summed E-state index contributed by atoms with van der Waals surface area (Å²) in [6.07, 6.45) is 0.358. The van der Waals surface area contributed by atoms with Gasteiger partial charge in [0.15, 0.2) is 5.96 Å². The number of carbonyl (C=O) groups excluding carboxylic acids is 1. The van der Waals surface area contributed by atoms with Gasteiger partial charge in [-0.1, -0.05) is 0 Å². The predicted octanol–water partition coefficient (Wildman–Crippen LogP) is 1.90. The number of rotatable bonds is 1. The van der Waals surface area contributed by atoms with E-state index in [0.29, 0.717) is 6.42 Å². The highest BCUT2D eigenvalue weighted by atomic mass is 79.9. The van der Waals surface area contributed by atoms with E-state index in [9.17, 15) is 4.79 Å². The summed E-state index contributed by atoms with van der Waals surface area (Å²) in [5.74, 6) is 0.280. The van der Waals surface area contributed by atoms with Gasteiger partial charge in [0.05, 0.1) is 10.2 Å². The normalized spacial score (nSPS) is 25.8. The molecule has 0 bridgehead atoms. The van der Waals surface area contributed by atoms with Gasteiger partial charge in [-0.3, -0.25) is 9.69 Å². The molecule has 0 radical (unpaired) electrons. The Kier molecular flexibility index (Phi) is 2.79. The molecule has 1 amide bonds. The minimum Gasteiger partial charge on any atom is -0.369 e. The Morgan fingerprint density at radius 1 is 1.62 bits per heavy atom. The van der Waals surface area contributed by atoms with Crippen LogP contribution >= 0.6 is 27.3 Å². The van der Waals surface area contributed by atoms with E-state index in [4.69, 9.17) is 5.73 Å². The van der Waals surface area contributed by atoms with Gasteiger partial charge in [0.1, 0.15) is 5.54 Å². The van der Waals surface area contributed by atoms with Crippen molar-refractivity contribution in [2.24, 2.45) is 10.7 Å². The first kappa shape index (κ1) is 11.6. The minimum atomic E-state index is -0.523. The van der Waals surface area contributed by atoms with Crippen molar-refractivity contribution in [3.8, 4) is 0 Å².